The van der Waals surface area contributed by atoms with Gasteiger partial charge in [-0.05, 0) is 12.8 Å². The molecule has 0 radical (unpaired) electrons. The Morgan fingerprint density at radius 1 is 1.07 bits per heavy atom. The third kappa shape index (κ3) is 2.70. The van der Waals surface area contributed by atoms with Crippen molar-refractivity contribution in [2.45, 2.75) is 38.1 Å². The molecule has 0 amide bonds. The van der Waals surface area contributed by atoms with Gasteiger partial charge in [0.1, 0.15) is 0 Å². The molecule has 2 unspecified atom stereocenters. The molecule has 1 aliphatic carbocycles. The molecule has 0 aromatic rings. The molecule has 2 fully saturated rings. The molecule has 1 aliphatic heterocycles. The molecule has 3 nitrogen and oxygen atoms in total. The number of nitriles is 1. The standard InChI is InChI=1S/C12H20N2O/c13-10-11-4-2-1-3-5-12(11)14-6-8-15-9-7-14/h11-12H,1-9H2. The highest BCUT2D eigenvalue weighted by atomic mass is 16.5. The van der Waals surface area contributed by atoms with E-state index >= 15 is 0 Å². The van der Waals surface area contributed by atoms with E-state index in [1.54, 1.807) is 0 Å². The van der Waals surface area contributed by atoms with Gasteiger partial charge in [-0.25, -0.2) is 0 Å². The highest BCUT2D eigenvalue weighted by Gasteiger charge is 2.29. The zero-order valence-electron chi connectivity index (χ0n) is 9.32. The molecule has 3 heteroatoms. The molecular weight excluding hydrogens is 188 g/mol. The Bertz CT molecular complexity index is 230. The van der Waals surface area contributed by atoms with Crippen molar-refractivity contribution in [3.8, 4) is 6.07 Å². The van der Waals surface area contributed by atoms with Crippen molar-refractivity contribution >= 4 is 0 Å². The first-order chi connectivity index (χ1) is 7.42. The van der Waals surface area contributed by atoms with Crippen molar-refractivity contribution in [2.24, 2.45) is 5.92 Å². The fourth-order valence-corrected chi connectivity index (χ4v) is 2.78. The Morgan fingerprint density at radius 3 is 2.53 bits per heavy atom. The Hall–Kier alpha value is -0.590. The molecule has 2 aliphatic rings. The lowest BCUT2D eigenvalue weighted by atomic mass is 9.94. The van der Waals surface area contributed by atoms with Crippen LogP contribution in [0.25, 0.3) is 0 Å². The summed E-state index contributed by atoms with van der Waals surface area (Å²) >= 11 is 0. The maximum Gasteiger partial charge on any atom is 0.0672 e. The first kappa shape index (κ1) is 10.9. The van der Waals surface area contributed by atoms with Crippen molar-refractivity contribution < 1.29 is 4.74 Å². The van der Waals surface area contributed by atoms with Crippen LogP contribution < -0.4 is 0 Å². The molecule has 1 saturated carbocycles. The molecule has 2 atom stereocenters. The van der Waals surface area contributed by atoms with Crippen LogP contribution in [0.2, 0.25) is 0 Å². The van der Waals surface area contributed by atoms with Gasteiger partial charge in [-0.15, -0.1) is 0 Å². The molecule has 0 bridgehead atoms. The van der Waals surface area contributed by atoms with Gasteiger partial charge in [0.25, 0.3) is 0 Å². The van der Waals surface area contributed by atoms with Gasteiger partial charge in [-0.2, -0.15) is 5.26 Å². The van der Waals surface area contributed by atoms with Crippen LogP contribution in [0.3, 0.4) is 0 Å². The maximum atomic E-state index is 9.21. The monoisotopic (exact) mass is 208 g/mol. The lowest BCUT2D eigenvalue weighted by molar-refractivity contribution is 0.00656. The van der Waals surface area contributed by atoms with E-state index in [2.05, 4.69) is 11.0 Å². The first-order valence-corrected chi connectivity index (χ1v) is 6.13. The molecule has 0 aromatic heterocycles. The van der Waals surface area contributed by atoms with Gasteiger partial charge in [0.15, 0.2) is 0 Å². The Labute approximate surface area is 92.0 Å². The van der Waals surface area contributed by atoms with Gasteiger partial charge in [0.2, 0.25) is 0 Å². The maximum absolute atomic E-state index is 9.21. The summed E-state index contributed by atoms with van der Waals surface area (Å²) in [7, 11) is 0. The van der Waals surface area contributed by atoms with Gasteiger partial charge in [-0.3, -0.25) is 4.90 Å². The van der Waals surface area contributed by atoms with Crippen LogP contribution in [0.15, 0.2) is 0 Å². The molecule has 1 heterocycles. The molecule has 84 valence electrons. The summed E-state index contributed by atoms with van der Waals surface area (Å²) < 4.78 is 5.37. The highest BCUT2D eigenvalue weighted by Crippen LogP contribution is 2.27. The number of hydrogen-bond donors (Lipinski definition) is 0. The van der Waals surface area contributed by atoms with Crippen molar-refractivity contribution in [3.63, 3.8) is 0 Å². The van der Waals surface area contributed by atoms with E-state index in [0.717, 1.165) is 32.7 Å². The first-order valence-electron chi connectivity index (χ1n) is 6.13. The van der Waals surface area contributed by atoms with Crippen LogP contribution in [0, 0.1) is 17.2 Å². The Kier molecular flexibility index (Phi) is 3.99. The molecule has 0 N–H and O–H groups in total. The van der Waals surface area contributed by atoms with E-state index in [4.69, 9.17) is 4.74 Å². The van der Waals surface area contributed by atoms with Crippen molar-refractivity contribution in [3.05, 3.63) is 0 Å². The topological polar surface area (TPSA) is 36.3 Å². The Balaban J connectivity index is 1.99. The van der Waals surface area contributed by atoms with Gasteiger partial charge in [-0.1, -0.05) is 19.3 Å². The van der Waals surface area contributed by atoms with E-state index in [1.807, 2.05) is 0 Å². The van der Waals surface area contributed by atoms with E-state index in [1.165, 1.54) is 25.7 Å². The summed E-state index contributed by atoms with van der Waals surface area (Å²) in [6.45, 7) is 3.72. The number of nitrogens with zero attached hydrogens (tertiary/aromatic N) is 2. The fraction of sp³-hybridized carbons (Fsp3) is 0.917. The lowest BCUT2D eigenvalue weighted by Crippen LogP contribution is -2.46. The molecule has 2 rings (SSSR count). The fourth-order valence-electron chi connectivity index (χ4n) is 2.78. The average molecular weight is 208 g/mol. The van der Waals surface area contributed by atoms with Crippen LogP contribution in [0.5, 0.6) is 0 Å². The van der Waals surface area contributed by atoms with Crippen LogP contribution in [-0.4, -0.2) is 37.2 Å². The zero-order valence-corrected chi connectivity index (χ0v) is 9.32. The van der Waals surface area contributed by atoms with E-state index < -0.39 is 0 Å². The predicted octanol–water partition coefficient (Wildman–Crippen LogP) is 1.79. The largest absolute Gasteiger partial charge is 0.379 e. The number of morpholine rings is 1. The number of hydrogen-bond acceptors (Lipinski definition) is 3. The summed E-state index contributed by atoms with van der Waals surface area (Å²) in [6, 6.07) is 3.01. The SMILES string of the molecule is N#CC1CCCCCC1N1CCOCC1. The smallest absolute Gasteiger partial charge is 0.0672 e. The predicted molar refractivity (Wildman–Crippen MR) is 58.4 cm³/mol. The van der Waals surface area contributed by atoms with Gasteiger partial charge < -0.3 is 4.74 Å². The van der Waals surface area contributed by atoms with E-state index in [9.17, 15) is 5.26 Å². The van der Waals surface area contributed by atoms with Crippen molar-refractivity contribution in [1.29, 1.82) is 5.26 Å². The molecule has 0 spiro atoms. The van der Waals surface area contributed by atoms with Crippen molar-refractivity contribution in [1.82, 2.24) is 4.90 Å². The summed E-state index contributed by atoms with van der Waals surface area (Å²) in [5.74, 6) is 0.255. The molecule has 15 heavy (non-hydrogen) atoms. The summed E-state index contributed by atoms with van der Waals surface area (Å²) in [5.41, 5.74) is 0. The second-order valence-corrected chi connectivity index (χ2v) is 4.59. The van der Waals surface area contributed by atoms with E-state index in [-0.39, 0.29) is 5.92 Å². The number of ether oxygens (including phenoxy) is 1. The normalized spacial score (nSPS) is 34.3. The third-order valence-electron chi connectivity index (χ3n) is 3.66. The van der Waals surface area contributed by atoms with Crippen LogP contribution in [0.4, 0.5) is 0 Å². The summed E-state index contributed by atoms with van der Waals surface area (Å²) in [4.78, 5) is 2.47. The zero-order chi connectivity index (χ0) is 10.5. The van der Waals surface area contributed by atoms with Crippen LogP contribution >= 0.6 is 0 Å². The van der Waals surface area contributed by atoms with Crippen molar-refractivity contribution in [2.75, 3.05) is 26.3 Å². The van der Waals surface area contributed by atoms with Gasteiger partial charge in [0, 0.05) is 19.1 Å². The third-order valence-corrected chi connectivity index (χ3v) is 3.66. The molecule has 1 saturated heterocycles. The summed E-state index contributed by atoms with van der Waals surface area (Å²) in [6.07, 6.45) is 6.13. The summed E-state index contributed by atoms with van der Waals surface area (Å²) in [5, 5.41) is 9.21. The quantitative estimate of drug-likeness (QED) is 0.616. The Morgan fingerprint density at radius 2 is 1.80 bits per heavy atom. The second kappa shape index (κ2) is 5.48. The van der Waals surface area contributed by atoms with E-state index in [0.29, 0.717) is 6.04 Å². The van der Waals surface area contributed by atoms with Gasteiger partial charge >= 0.3 is 0 Å². The highest BCUT2D eigenvalue weighted by molar-refractivity contribution is 4.95. The minimum absolute atomic E-state index is 0.255. The molecular formula is C12H20N2O. The molecule has 0 aromatic carbocycles. The minimum atomic E-state index is 0.255. The minimum Gasteiger partial charge on any atom is -0.379 e. The lowest BCUT2D eigenvalue weighted by Gasteiger charge is -2.36. The van der Waals surface area contributed by atoms with Gasteiger partial charge in [0.05, 0.1) is 25.2 Å². The number of rotatable bonds is 1. The van der Waals surface area contributed by atoms with Crippen LogP contribution in [0.1, 0.15) is 32.1 Å². The van der Waals surface area contributed by atoms with Crippen LogP contribution in [-0.2, 0) is 4.74 Å². The second-order valence-electron chi connectivity index (χ2n) is 4.59. The average Bonchev–Trinajstić information content (AvgIpc) is 2.55.